The zero-order valence-corrected chi connectivity index (χ0v) is 11.5. The summed E-state index contributed by atoms with van der Waals surface area (Å²) in [4.78, 5) is 13.7. The third-order valence-electron chi connectivity index (χ3n) is 3.81. The monoisotopic (exact) mass is 285 g/mol. The molecule has 2 aromatic rings. The van der Waals surface area contributed by atoms with Gasteiger partial charge in [-0.1, -0.05) is 36.4 Å². The minimum Gasteiger partial charge on any atom is -0.386 e. The first kappa shape index (κ1) is 13.8. The van der Waals surface area contributed by atoms with Crippen molar-refractivity contribution in [2.75, 3.05) is 11.4 Å². The first-order valence-electron chi connectivity index (χ1n) is 6.97. The Balaban J connectivity index is 1.88. The van der Waals surface area contributed by atoms with Crippen LogP contribution in [0.2, 0.25) is 0 Å². The first-order chi connectivity index (χ1) is 10.2. The summed E-state index contributed by atoms with van der Waals surface area (Å²) in [7, 11) is 0. The summed E-state index contributed by atoms with van der Waals surface area (Å²) >= 11 is 0. The minimum atomic E-state index is -1.04. The van der Waals surface area contributed by atoms with Gasteiger partial charge in [-0.15, -0.1) is 0 Å². The number of aliphatic hydroxyl groups excluding tert-OH is 1. The molecule has 1 aliphatic rings. The van der Waals surface area contributed by atoms with Gasteiger partial charge in [-0.25, -0.2) is 4.39 Å². The fraction of sp³-hybridized carbons (Fsp3) is 0.235. The fourth-order valence-electron chi connectivity index (χ4n) is 2.71. The first-order valence-corrected chi connectivity index (χ1v) is 6.97. The maximum atomic E-state index is 13.7. The lowest BCUT2D eigenvalue weighted by Crippen LogP contribution is -2.38. The van der Waals surface area contributed by atoms with E-state index in [0.29, 0.717) is 12.8 Å². The Labute approximate surface area is 122 Å². The smallest absolute Gasteiger partial charge is 0.227 e. The van der Waals surface area contributed by atoms with E-state index in [-0.39, 0.29) is 18.0 Å². The number of amides is 1. The molecule has 0 spiro atoms. The summed E-state index contributed by atoms with van der Waals surface area (Å²) in [5, 5.41) is 10.3. The van der Waals surface area contributed by atoms with E-state index >= 15 is 0 Å². The summed E-state index contributed by atoms with van der Waals surface area (Å²) in [5.41, 5.74) is 2.11. The highest BCUT2D eigenvalue weighted by molar-refractivity contribution is 5.96. The van der Waals surface area contributed by atoms with E-state index in [0.717, 1.165) is 11.3 Å². The average molecular weight is 285 g/mol. The van der Waals surface area contributed by atoms with Crippen molar-refractivity contribution >= 4 is 11.6 Å². The molecule has 1 aliphatic heterocycles. The van der Waals surface area contributed by atoms with Gasteiger partial charge in [0.1, 0.15) is 5.82 Å². The van der Waals surface area contributed by atoms with Gasteiger partial charge in [-0.3, -0.25) is 4.79 Å². The highest BCUT2D eigenvalue weighted by Gasteiger charge is 2.26. The van der Waals surface area contributed by atoms with Gasteiger partial charge >= 0.3 is 0 Å². The van der Waals surface area contributed by atoms with Gasteiger partial charge in [0, 0.05) is 17.7 Å². The topological polar surface area (TPSA) is 40.5 Å². The van der Waals surface area contributed by atoms with E-state index in [1.54, 1.807) is 23.1 Å². The number of benzene rings is 2. The van der Waals surface area contributed by atoms with Crippen molar-refractivity contribution in [1.82, 2.24) is 0 Å². The number of rotatable bonds is 3. The molecule has 0 saturated carbocycles. The number of para-hydroxylation sites is 1. The molecule has 0 fully saturated rings. The lowest BCUT2D eigenvalue weighted by atomic mass is 10.00. The van der Waals surface area contributed by atoms with Gasteiger partial charge < -0.3 is 10.0 Å². The van der Waals surface area contributed by atoms with Crippen LogP contribution in [0.1, 0.15) is 23.7 Å². The Hall–Kier alpha value is -2.20. The van der Waals surface area contributed by atoms with Crippen LogP contribution in [0.5, 0.6) is 0 Å². The standard InChI is InChI=1S/C17H16FNO2/c18-14-7-3-2-6-13(14)16(20)11-19-15-8-4-1-5-12(15)9-10-17(19)21/h1-8,16,20H,9-11H2. The number of hydrogen-bond donors (Lipinski definition) is 1. The molecule has 1 atom stereocenters. The summed E-state index contributed by atoms with van der Waals surface area (Å²) in [5.74, 6) is -0.494. The van der Waals surface area contributed by atoms with Crippen molar-refractivity contribution in [3.63, 3.8) is 0 Å². The molecule has 0 aromatic heterocycles. The Morgan fingerprint density at radius 3 is 2.62 bits per heavy atom. The molecule has 2 aromatic carbocycles. The van der Waals surface area contributed by atoms with Crippen LogP contribution in [0, 0.1) is 5.82 Å². The van der Waals surface area contributed by atoms with Gasteiger partial charge in [0.15, 0.2) is 0 Å². The normalized spacial score (nSPS) is 15.7. The maximum absolute atomic E-state index is 13.7. The molecule has 0 saturated heterocycles. The summed E-state index contributed by atoms with van der Waals surface area (Å²) in [6.07, 6.45) is 0.0868. The molecular weight excluding hydrogens is 269 g/mol. The second-order valence-corrected chi connectivity index (χ2v) is 5.17. The van der Waals surface area contributed by atoms with Crippen LogP contribution in [0.4, 0.5) is 10.1 Å². The molecule has 0 aliphatic carbocycles. The third-order valence-corrected chi connectivity index (χ3v) is 3.81. The van der Waals surface area contributed by atoms with Crippen LogP contribution in [-0.2, 0) is 11.2 Å². The fourth-order valence-corrected chi connectivity index (χ4v) is 2.71. The molecular formula is C17H16FNO2. The number of carbonyl (C=O) groups excluding carboxylic acids is 1. The number of aliphatic hydroxyl groups is 1. The molecule has 1 N–H and O–H groups in total. The van der Waals surface area contributed by atoms with Gasteiger partial charge in [0.05, 0.1) is 12.6 Å². The molecule has 21 heavy (non-hydrogen) atoms. The Morgan fingerprint density at radius 2 is 1.81 bits per heavy atom. The van der Waals surface area contributed by atoms with E-state index in [9.17, 15) is 14.3 Å². The highest BCUT2D eigenvalue weighted by atomic mass is 19.1. The van der Waals surface area contributed by atoms with Crippen molar-refractivity contribution in [2.24, 2.45) is 0 Å². The van der Waals surface area contributed by atoms with E-state index in [4.69, 9.17) is 0 Å². The molecule has 0 radical (unpaired) electrons. The molecule has 3 nitrogen and oxygen atoms in total. The van der Waals surface area contributed by atoms with Crippen molar-refractivity contribution in [1.29, 1.82) is 0 Å². The van der Waals surface area contributed by atoms with Crippen molar-refractivity contribution in [3.8, 4) is 0 Å². The van der Waals surface area contributed by atoms with Crippen molar-refractivity contribution in [3.05, 3.63) is 65.5 Å². The summed E-state index contributed by atoms with van der Waals surface area (Å²) < 4.78 is 13.7. The van der Waals surface area contributed by atoms with Gasteiger partial charge in [0.2, 0.25) is 5.91 Å². The summed E-state index contributed by atoms with van der Waals surface area (Å²) in [6, 6.07) is 13.7. The number of carbonyl (C=O) groups is 1. The quantitative estimate of drug-likeness (QED) is 0.942. The lowest BCUT2D eigenvalue weighted by Gasteiger charge is -2.31. The minimum absolute atomic E-state index is 0.0379. The van der Waals surface area contributed by atoms with E-state index in [1.165, 1.54) is 6.07 Å². The maximum Gasteiger partial charge on any atom is 0.227 e. The Bertz CT molecular complexity index is 671. The summed E-state index contributed by atoms with van der Waals surface area (Å²) in [6.45, 7) is 0.0662. The number of aryl methyl sites for hydroxylation is 1. The molecule has 108 valence electrons. The number of halogens is 1. The second kappa shape index (κ2) is 5.66. The van der Waals surface area contributed by atoms with E-state index < -0.39 is 11.9 Å². The van der Waals surface area contributed by atoms with Crippen molar-refractivity contribution in [2.45, 2.75) is 18.9 Å². The lowest BCUT2D eigenvalue weighted by molar-refractivity contribution is -0.119. The number of β-amino-alcohol motifs (C(OH)–C–C–N with tert-alkyl or cyclic N) is 1. The van der Waals surface area contributed by atoms with Crippen LogP contribution in [-0.4, -0.2) is 17.6 Å². The average Bonchev–Trinajstić information content (AvgIpc) is 2.50. The number of hydrogen-bond acceptors (Lipinski definition) is 2. The number of anilines is 1. The Kier molecular flexibility index (Phi) is 3.71. The van der Waals surface area contributed by atoms with Crippen LogP contribution in [0.15, 0.2) is 48.5 Å². The molecule has 4 heteroatoms. The zero-order chi connectivity index (χ0) is 14.8. The van der Waals surface area contributed by atoms with Gasteiger partial charge in [-0.2, -0.15) is 0 Å². The highest BCUT2D eigenvalue weighted by Crippen LogP contribution is 2.29. The molecule has 1 unspecified atom stereocenters. The van der Waals surface area contributed by atoms with Crippen molar-refractivity contribution < 1.29 is 14.3 Å². The second-order valence-electron chi connectivity index (χ2n) is 5.17. The number of fused-ring (bicyclic) bond motifs is 1. The van der Waals surface area contributed by atoms with E-state index in [2.05, 4.69) is 0 Å². The van der Waals surface area contributed by atoms with Crippen LogP contribution in [0.3, 0.4) is 0 Å². The third kappa shape index (κ3) is 2.67. The van der Waals surface area contributed by atoms with Crippen LogP contribution >= 0.6 is 0 Å². The van der Waals surface area contributed by atoms with Gasteiger partial charge in [0.25, 0.3) is 0 Å². The predicted octanol–water partition coefficient (Wildman–Crippen LogP) is 2.84. The van der Waals surface area contributed by atoms with Gasteiger partial charge in [-0.05, 0) is 24.1 Å². The van der Waals surface area contributed by atoms with E-state index in [1.807, 2.05) is 24.3 Å². The predicted molar refractivity (Wildman–Crippen MR) is 78.5 cm³/mol. The molecule has 3 rings (SSSR count). The zero-order valence-electron chi connectivity index (χ0n) is 11.5. The largest absolute Gasteiger partial charge is 0.386 e. The van der Waals surface area contributed by atoms with Crippen LogP contribution in [0.25, 0.3) is 0 Å². The molecule has 1 amide bonds. The number of nitrogens with zero attached hydrogens (tertiary/aromatic N) is 1. The van der Waals surface area contributed by atoms with Crippen LogP contribution < -0.4 is 4.90 Å². The molecule has 0 bridgehead atoms. The SMILES string of the molecule is O=C1CCc2ccccc2N1CC(O)c1ccccc1F. The Morgan fingerprint density at radius 1 is 1.10 bits per heavy atom. The molecule has 1 heterocycles.